The Morgan fingerprint density at radius 2 is 2.00 bits per heavy atom. The zero-order valence-corrected chi connectivity index (χ0v) is 14.6. The maximum Gasteiger partial charge on any atom is 0.241 e. The number of carbonyl (C=O) groups excluding carboxylic acids is 1. The molecule has 0 saturated carbocycles. The summed E-state index contributed by atoms with van der Waals surface area (Å²) < 4.78 is 0. The monoisotopic (exact) mass is 325 g/mol. The number of amides is 1. The molecule has 1 saturated heterocycles. The zero-order chi connectivity index (χ0) is 15.4. The molecular formula is C17H28ClN3O. The largest absolute Gasteiger partial charge is 0.327 e. The van der Waals surface area contributed by atoms with Gasteiger partial charge in [-0.25, -0.2) is 0 Å². The summed E-state index contributed by atoms with van der Waals surface area (Å²) in [5.41, 5.74) is 7.02. The number of anilines is 1. The van der Waals surface area contributed by atoms with Gasteiger partial charge < -0.3 is 10.6 Å². The van der Waals surface area contributed by atoms with E-state index >= 15 is 0 Å². The van der Waals surface area contributed by atoms with E-state index in [1.165, 1.54) is 0 Å². The maximum absolute atomic E-state index is 12.7. The first-order valence-electron chi connectivity index (χ1n) is 7.84. The number of likely N-dealkylation sites (tertiary alicyclic amines) is 1. The fraction of sp³-hybridized carbons (Fsp3) is 0.588. The molecule has 2 N–H and O–H groups in total. The third-order valence-corrected chi connectivity index (χ3v) is 4.23. The van der Waals surface area contributed by atoms with Gasteiger partial charge in [0.25, 0.3) is 0 Å². The molecule has 0 spiro atoms. The highest BCUT2D eigenvalue weighted by molar-refractivity contribution is 5.95. The van der Waals surface area contributed by atoms with Crippen molar-refractivity contribution in [2.75, 3.05) is 24.5 Å². The van der Waals surface area contributed by atoms with Crippen molar-refractivity contribution in [3.63, 3.8) is 0 Å². The van der Waals surface area contributed by atoms with Gasteiger partial charge in [0.15, 0.2) is 0 Å². The zero-order valence-electron chi connectivity index (χ0n) is 13.7. The van der Waals surface area contributed by atoms with E-state index in [1.807, 2.05) is 35.2 Å². The van der Waals surface area contributed by atoms with Crippen molar-refractivity contribution < 1.29 is 4.79 Å². The molecule has 0 aliphatic carbocycles. The highest BCUT2D eigenvalue weighted by atomic mass is 35.5. The third-order valence-electron chi connectivity index (χ3n) is 4.23. The molecule has 1 amide bonds. The van der Waals surface area contributed by atoms with Crippen LogP contribution in [0.1, 0.15) is 27.2 Å². The Labute approximate surface area is 140 Å². The van der Waals surface area contributed by atoms with Crippen molar-refractivity contribution in [3.05, 3.63) is 30.3 Å². The maximum atomic E-state index is 12.7. The van der Waals surface area contributed by atoms with Gasteiger partial charge in [-0.05, 0) is 38.3 Å². The molecule has 1 fully saturated rings. The molecule has 5 heteroatoms. The van der Waals surface area contributed by atoms with Crippen molar-refractivity contribution in [1.82, 2.24) is 4.90 Å². The lowest BCUT2D eigenvalue weighted by atomic mass is 9.95. The standard InChI is InChI=1S/C17H27N3O.ClH/c1-13(2)20(15-7-5-4-6-8-15)17(21)12-19-10-9-16(18)14(3)11-19;/h4-8,13-14,16H,9-12,18H2,1-3H3;1H. The molecule has 2 unspecified atom stereocenters. The van der Waals surface area contributed by atoms with Gasteiger partial charge in [0, 0.05) is 30.9 Å². The third kappa shape index (κ3) is 4.70. The summed E-state index contributed by atoms with van der Waals surface area (Å²) in [5, 5.41) is 0. The smallest absolute Gasteiger partial charge is 0.241 e. The first-order valence-corrected chi connectivity index (χ1v) is 7.84. The van der Waals surface area contributed by atoms with Crippen LogP contribution in [0.2, 0.25) is 0 Å². The van der Waals surface area contributed by atoms with Crippen LogP contribution < -0.4 is 10.6 Å². The summed E-state index contributed by atoms with van der Waals surface area (Å²) in [4.78, 5) is 16.8. The molecule has 2 atom stereocenters. The van der Waals surface area contributed by atoms with Gasteiger partial charge in [-0.15, -0.1) is 12.4 Å². The van der Waals surface area contributed by atoms with Crippen molar-refractivity contribution in [2.24, 2.45) is 11.7 Å². The summed E-state index contributed by atoms with van der Waals surface area (Å²) in [6, 6.07) is 10.3. The van der Waals surface area contributed by atoms with Crippen LogP contribution in [0.5, 0.6) is 0 Å². The Hall–Kier alpha value is -1.10. The summed E-state index contributed by atoms with van der Waals surface area (Å²) in [5.74, 6) is 0.620. The molecule has 124 valence electrons. The molecule has 0 bridgehead atoms. The molecule has 1 aliphatic heterocycles. The van der Waals surface area contributed by atoms with Crippen LogP contribution in [0.25, 0.3) is 0 Å². The molecule has 1 aromatic rings. The predicted molar refractivity (Wildman–Crippen MR) is 94.5 cm³/mol. The van der Waals surface area contributed by atoms with Crippen LogP contribution in [0, 0.1) is 5.92 Å². The second kappa shape index (κ2) is 8.51. The van der Waals surface area contributed by atoms with Gasteiger partial charge in [-0.1, -0.05) is 25.1 Å². The van der Waals surface area contributed by atoms with Crippen LogP contribution in [-0.4, -0.2) is 42.5 Å². The molecule has 22 heavy (non-hydrogen) atoms. The number of hydrogen-bond acceptors (Lipinski definition) is 3. The van der Waals surface area contributed by atoms with Gasteiger partial charge in [0.1, 0.15) is 0 Å². The van der Waals surface area contributed by atoms with Gasteiger partial charge in [0.2, 0.25) is 5.91 Å². The average molecular weight is 326 g/mol. The van der Waals surface area contributed by atoms with E-state index in [9.17, 15) is 4.79 Å². The number of halogens is 1. The molecule has 4 nitrogen and oxygen atoms in total. The number of nitrogens with zero attached hydrogens (tertiary/aromatic N) is 2. The SMILES string of the molecule is CC1CN(CC(=O)N(c2ccccc2)C(C)C)CCC1N.Cl. The van der Waals surface area contributed by atoms with Crippen molar-refractivity contribution in [2.45, 2.75) is 39.3 Å². The Morgan fingerprint density at radius 3 is 2.55 bits per heavy atom. The summed E-state index contributed by atoms with van der Waals surface area (Å²) in [6.07, 6.45) is 0.974. The number of benzene rings is 1. The molecule has 1 aliphatic rings. The second-order valence-electron chi connectivity index (χ2n) is 6.36. The van der Waals surface area contributed by atoms with Crippen LogP contribution in [-0.2, 0) is 4.79 Å². The highest BCUT2D eigenvalue weighted by Crippen LogP contribution is 2.19. The minimum atomic E-state index is 0. The van der Waals surface area contributed by atoms with Crippen LogP contribution in [0.3, 0.4) is 0 Å². The lowest BCUT2D eigenvalue weighted by molar-refractivity contribution is -0.120. The fourth-order valence-corrected chi connectivity index (χ4v) is 2.98. The van der Waals surface area contributed by atoms with Gasteiger partial charge in [-0.2, -0.15) is 0 Å². The minimum absolute atomic E-state index is 0. The molecule has 1 heterocycles. The first-order chi connectivity index (χ1) is 9.99. The Bertz CT molecular complexity index is 466. The first kappa shape index (κ1) is 18.9. The summed E-state index contributed by atoms with van der Waals surface area (Å²) in [6.45, 7) is 8.58. The number of rotatable bonds is 4. The van der Waals surface area contributed by atoms with E-state index in [2.05, 4.69) is 25.7 Å². The van der Waals surface area contributed by atoms with E-state index < -0.39 is 0 Å². The average Bonchev–Trinajstić information content (AvgIpc) is 2.44. The van der Waals surface area contributed by atoms with Gasteiger partial charge >= 0.3 is 0 Å². The van der Waals surface area contributed by atoms with Crippen molar-refractivity contribution >= 4 is 24.0 Å². The second-order valence-corrected chi connectivity index (χ2v) is 6.36. The van der Waals surface area contributed by atoms with E-state index in [1.54, 1.807) is 0 Å². The lowest BCUT2D eigenvalue weighted by Gasteiger charge is -2.36. The van der Waals surface area contributed by atoms with Crippen molar-refractivity contribution in [1.29, 1.82) is 0 Å². The number of para-hydroxylation sites is 1. The summed E-state index contributed by atoms with van der Waals surface area (Å²) >= 11 is 0. The van der Waals surface area contributed by atoms with Crippen LogP contribution in [0.15, 0.2) is 30.3 Å². The molecule has 0 radical (unpaired) electrons. The number of piperidine rings is 1. The van der Waals surface area contributed by atoms with E-state index in [0.29, 0.717) is 12.5 Å². The highest BCUT2D eigenvalue weighted by Gasteiger charge is 2.27. The topological polar surface area (TPSA) is 49.6 Å². The molecule has 1 aromatic carbocycles. The molecule has 2 rings (SSSR count). The van der Waals surface area contributed by atoms with Crippen LogP contribution in [0.4, 0.5) is 5.69 Å². The number of nitrogens with two attached hydrogens (primary N) is 1. The normalized spacial score (nSPS) is 22.2. The molecule has 0 aromatic heterocycles. The quantitative estimate of drug-likeness (QED) is 0.925. The van der Waals surface area contributed by atoms with E-state index in [0.717, 1.165) is 25.2 Å². The van der Waals surface area contributed by atoms with Gasteiger partial charge in [0.05, 0.1) is 6.54 Å². The van der Waals surface area contributed by atoms with E-state index in [4.69, 9.17) is 5.73 Å². The van der Waals surface area contributed by atoms with E-state index in [-0.39, 0.29) is 30.4 Å². The van der Waals surface area contributed by atoms with Crippen molar-refractivity contribution in [3.8, 4) is 0 Å². The summed E-state index contributed by atoms with van der Waals surface area (Å²) in [7, 11) is 0. The van der Waals surface area contributed by atoms with Gasteiger partial charge in [-0.3, -0.25) is 9.69 Å². The predicted octanol–water partition coefficient (Wildman–Crippen LogP) is 2.52. The van der Waals surface area contributed by atoms with Crippen LogP contribution >= 0.6 is 12.4 Å². The lowest BCUT2D eigenvalue weighted by Crippen LogP contribution is -2.50. The number of hydrogen-bond donors (Lipinski definition) is 1. The fourth-order valence-electron chi connectivity index (χ4n) is 2.98. The minimum Gasteiger partial charge on any atom is -0.327 e. The number of carbonyl (C=O) groups is 1. The Kier molecular flexibility index (Phi) is 7.33. The molecular weight excluding hydrogens is 298 g/mol. The Morgan fingerprint density at radius 1 is 1.36 bits per heavy atom. The Balaban J connectivity index is 0.00000242.